The zero-order valence-corrected chi connectivity index (χ0v) is 13.0. The van der Waals surface area contributed by atoms with Crippen LogP contribution in [-0.2, 0) is 11.2 Å². The van der Waals surface area contributed by atoms with Gasteiger partial charge < -0.3 is 9.64 Å². The molecule has 1 heterocycles. The highest BCUT2D eigenvalue weighted by molar-refractivity contribution is 14.1. The summed E-state index contributed by atoms with van der Waals surface area (Å²) < 4.78 is 6.68. The van der Waals surface area contributed by atoms with Gasteiger partial charge in [0, 0.05) is 15.8 Å². The molecule has 0 radical (unpaired) electrons. The summed E-state index contributed by atoms with van der Waals surface area (Å²) in [5.41, 5.74) is 2.25. The summed E-state index contributed by atoms with van der Waals surface area (Å²) in [5, 5.41) is 0. The van der Waals surface area contributed by atoms with E-state index >= 15 is 0 Å². The predicted octanol–water partition coefficient (Wildman–Crippen LogP) is 3.26. The number of anilines is 1. The molecule has 0 spiro atoms. The Balaban J connectivity index is 1.66. The minimum atomic E-state index is 0.00816. The van der Waals surface area contributed by atoms with E-state index in [1.165, 1.54) is 5.56 Å². The van der Waals surface area contributed by atoms with Crippen molar-refractivity contribution in [2.45, 2.75) is 6.42 Å². The molecule has 1 aliphatic heterocycles. The van der Waals surface area contributed by atoms with Crippen molar-refractivity contribution in [2.24, 2.45) is 0 Å². The molecule has 0 bridgehead atoms. The summed E-state index contributed by atoms with van der Waals surface area (Å²) in [6.07, 6.45) is 0.922. The molecule has 3 nitrogen and oxygen atoms in total. The number of para-hydroxylation sites is 1. The summed E-state index contributed by atoms with van der Waals surface area (Å²) in [5.74, 6) is 0.742. The molecule has 0 atom stereocenters. The van der Waals surface area contributed by atoms with Gasteiger partial charge in [0.25, 0.3) is 5.91 Å². The first-order valence-electron chi connectivity index (χ1n) is 6.51. The molecule has 4 heteroatoms. The molecule has 102 valence electrons. The number of benzene rings is 2. The number of carbonyl (C=O) groups is 1. The number of nitrogens with zero attached hydrogens (tertiary/aromatic N) is 1. The van der Waals surface area contributed by atoms with Gasteiger partial charge in [0.2, 0.25) is 0 Å². The highest BCUT2D eigenvalue weighted by Gasteiger charge is 2.24. The van der Waals surface area contributed by atoms with Crippen LogP contribution in [0.25, 0.3) is 0 Å². The van der Waals surface area contributed by atoms with Gasteiger partial charge in [-0.1, -0.05) is 24.3 Å². The fraction of sp³-hybridized carbons (Fsp3) is 0.188. The zero-order chi connectivity index (χ0) is 13.9. The van der Waals surface area contributed by atoms with E-state index in [1.807, 2.05) is 47.4 Å². The lowest BCUT2D eigenvalue weighted by atomic mass is 10.2. The summed E-state index contributed by atoms with van der Waals surface area (Å²) in [6, 6.07) is 15.7. The van der Waals surface area contributed by atoms with Crippen molar-refractivity contribution < 1.29 is 9.53 Å². The molecule has 0 N–H and O–H groups in total. The second kappa shape index (κ2) is 5.83. The van der Waals surface area contributed by atoms with Crippen molar-refractivity contribution in [3.63, 3.8) is 0 Å². The van der Waals surface area contributed by atoms with Gasteiger partial charge >= 0.3 is 0 Å². The maximum absolute atomic E-state index is 12.3. The van der Waals surface area contributed by atoms with Crippen molar-refractivity contribution in [1.29, 1.82) is 0 Å². The van der Waals surface area contributed by atoms with Gasteiger partial charge in [-0.15, -0.1) is 0 Å². The number of halogens is 1. The van der Waals surface area contributed by atoms with Crippen LogP contribution < -0.4 is 9.64 Å². The Bertz CT molecular complexity index is 642. The molecule has 0 unspecified atom stereocenters. The van der Waals surface area contributed by atoms with Gasteiger partial charge in [0.1, 0.15) is 5.75 Å². The van der Waals surface area contributed by atoms with Crippen LogP contribution >= 0.6 is 22.6 Å². The van der Waals surface area contributed by atoms with E-state index in [9.17, 15) is 4.79 Å². The molecule has 0 saturated carbocycles. The average molecular weight is 379 g/mol. The maximum atomic E-state index is 12.3. The van der Waals surface area contributed by atoms with E-state index in [-0.39, 0.29) is 12.5 Å². The lowest BCUT2D eigenvalue weighted by Crippen LogP contribution is -2.33. The quantitative estimate of drug-likeness (QED) is 0.767. The number of hydrogen-bond acceptors (Lipinski definition) is 2. The lowest BCUT2D eigenvalue weighted by molar-refractivity contribution is -0.120. The molecule has 1 aliphatic rings. The van der Waals surface area contributed by atoms with Gasteiger partial charge in [-0.3, -0.25) is 4.79 Å². The average Bonchev–Trinajstić information content (AvgIpc) is 2.89. The zero-order valence-electron chi connectivity index (χ0n) is 10.9. The second-order valence-electron chi connectivity index (χ2n) is 4.67. The Labute approximate surface area is 131 Å². The third-order valence-corrected chi connectivity index (χ3v) is 4.02. The predicted molar refractivity (Wildman–Crippen MR) is 87.2 cm³/mol. The molecular formula is C16H14INO2. The molecule has 1 amide bonds. The molecule has 3 rings (SSSR count). The molecule has 20 heavy (non-hydrogen) atoms. The number of carbonyl (C=O) groups excluding carboxylic acids is 1. The minimum absolute atomic E-state index is 0.00816. The van der Waals surface area contributed by atoms with E-state index in [4.69, 9.17) is 4.74 Å². The lowest BCUT2D eigenvalue weighted by Gasteiger charge is -2.17. The van der Waals surface area contributed by atoms with Crippen LogP contribution in [0.15, 0.2) is 48.5 Å². The van der Waals surface area contributed by atoms with E-state index in [0.29, 0.717) is 0 Å². The van der Waals surface area contributed by atoms with Crippen LogP contribution in [-0.4, -0.2) is 19.1 Å². The van der Waals surface area contributed by atoms with E-state index < -0.39 is 0 Å². The SMILES string of the molecule is O=C(COc1cccc(I)c1)N1CCc2ccccc21. The van der Waals surface area contributed by atoms with Gasteiger partial charge in [0.15, 0.2) is 6.61 Å². The molecule has 0 fully saturated rings. The van der Waals surface area contributed by atoms with Crippen LogP contribution in [0, 0.1) is 3.57 Å². The van der Waals surface area contributed by atoms with Crippen LogP contribution in [0.5, 0.6) is 5.75 Å². The Kier molecular flexibility index (Phi) is 3.91. The second-order valence-corrected chi connectivity index (χ2v) is 5.92. The first-order valence-corrected chi connectivity index (χ1v) is 7.58. The first-order chi connectivity index (χ1) is 9.74. The molecule has 2 aromatic carbocycles. The minimum Gasteiger partial charge on any atom is -0.484 e. The molecule has 2 aromatic rings. The summed E-state index contributed by atoms with van der Waals surface area (Å²) >= 11 is 2.23. The third-order valence-electron chi connectivity index (χ3n) is 3.35. The number of fused-ring (bicyclic) bond motifs is 1. The van der Waals surface area contributed by atoms with Crippen LogP contribution in [0.1, 0.15) is 5.56 Å². The Morgan fingerprint density at radius 2 is 2.05 bits per heavy atom. The highest BCUT2D eigenvalue weighted by Crippen LogP contribution is 2.27. The van der Waals surface area contributed by atoms with E-state index in [1.54, 1.807) is 0 Å². The number of amides is 1. The Morgan fingerprint density at radius 3 is 2.90 bits per heavy atom. The Hall–Kier alpha value is -1.56. The normalized spacial score (nSPS) is 13.2. The van der Waals surface area contributed by atoms with Crippen molar-refractivity contribution >= 4 is 34.2 Å². The van der Waals surface area contributed by atoms with Gasteiger partial charge in [-0.2, -0.15) is 0 Å². The largest absolute Gasteiger partial charge is 0.484 e. The fourth-order valence-corrected chi connectivity index (χ4v) is 2.89. The van der Waals surface area contributed by atoms with Crippen molar-refractivity contribution in [2.75, 3.05) is 18.1 Å². The van der Waals surface area contributed by atoms with Crippen molar-refractivity contribution in [3.8, 4) is 5.75 Å². The van der Waals surface area contributed by atoms with E-state index in [2.05, 4.69) is 28.7 Å². The highest BCUT2D eigenvalue weighted by atomic mass is 127. The standard InChI is InChI=1S/C16H14INO2/c17-13-5-3-6-14(10-13)20-11-16(19)18-9-8-12-4-1-2-7-15(12)18/h1-7,10H,8-9,11H2. The number of hydrogen-bond donors (Lipinski definition) is 0. The Morgan fingerprint density at radius 1 is 1.20 bits per heavy atom. The third kappa shape index (κ3) is 2.80. The van der Waals surface area contributed by atoms with Crippen LogP contribution in [0.2, 0.25) is 0 Å². The summed E-state index contributed by atoms with van der Waals surface area (Å²) in [6.45, 7) is 0.822. The van der Waals surface area contributed by atoms with Crippen molar-refractivity contribution in [1.82, 2.24) is 0 Å². The molecule has 0 saturated heterocycles. The number of rotatable bonds is 3. The first kappa shape index (κ1) is 13.4. The van der Waals surface area contributed by atoms with E-state index in [0.717, 1.165) is 28.0 Å². The maximum Gasteiger partial charge on any atom is 0.264 e. The monoisotopic (exact) mass is 379 g/mol. The van der Waals surface area contributed by atoms with Gasteiger partial charge in [-0.25, -0.2) is 0 Å². The van der Waals surface area contributed by atoms with Crippen molar-refractivity contribution in [3.05, 3.63) is 57.7 Å². The molecule has 0 aliphatic carbocycles. The summed E-state index contributed by atoms with van der Waals surface area (Å²) in [4.78, 5) is 14.1. The summed E-state index contributed by atoms with van der Waals surface area (Å²) in [7, 11) is 0. The smallest absolute Gasteiger partial charge is 0.264 e. The molecule has 0 aromatic heterocycles. The fourth-order valence-electron chi connectivity index (χ4n) is 2.38. The number of ether oxygens (including phenoxy) is 1. The topological polar surface area (TPSA) is 29.5 Å². The van der Waals surface area contributed by atoms with Gasteiger partial charge in [0.05, 0.1) is 0 Å². The molecular weight excluding hydrogens is 365 g/mol. The van der Waals surface area contributed by atoms with Crippen LogP contribution in [0.3, 0.4) is 0 Å². The van der Waals surface area contributed by atoms with Gasteiger partial charge in [-0.05, 0) is 58.8 Å². The van der Waals surface area contributed by atoms with Crippen LogP contribution in [0.4, 0.5) is 5.69 Å².